The van der Waals surface area contributed by atoms with Crippen LogP contribution in [0.4, 0.5) is 0 Å². The molecule has 2 heteroatoms. The molecule has 0 amide bonds. The number of nitrogens with two attached hydrogens (primary N) is 1. The Morgan fingerprint density at radius 3 is 2.68 bits per heavy atom. The van der Waals surface area contributed by atoms with Gasteiger partial charge in [-0.15, -0.1) is 0 Å². The molecule has 0 radical (unpaired) electrons. The Bertz CT molecular complexity index is 363. The number of hydrogen-bond donors (Lipinski definition) is 1. The molecule has 0 aromatic heterocycles. The van der Waals surface area contributed by atoms with Gasteiger partial charge < -0.3 is 5.73 Å². The second-order valence-corrected chi connectivity index (χ2v) is 5.97. The average Bonchev–Trinajstić information content (AvgIpc) is 2.46. The third-order valence-electron chi connectivity index (χ3n) is 4.64. The van der Waals surface area contributed by atoms with Gasteiger partial charge in [0, 0.05) is 12.6 Å². The molecular formula is C17H28N2. The van der Waals surface area contributed by atoms with Crippen molar-refractivity contribution in [3.05, 3.63) is 35.9 Å². The van der Waals surface area contributed by atoms with Crippen molar-refractivity contribution in [2.75, 3.05) is 19.6 Å². The van der Waals surface area contributed by atoms with E-state index in [4.69, 9.17) is 5.73 Å². The van der Waals surface area contributed by atoms with Crippen molar-refractivity contribution in [3.8, 4) is 0 Å². The summed E-state index contributed by atoms with van der Waals surface area (Å²) in [5, 5.41) is 0. The smallest absolute Gasteiger partial charge is 0.0348 e. The molecule has 0 bridgehead atoms. The second-order valence-electron chi connectivity index (χ2n) is 5.97. The van der Waals surface area contributed by atoms with Crippen molar-refractivity contribution in [3.63, 3.8) is 0 Å². The Balaban J connectivity index is 2.11. The van der Waals surface area contributed by atoms with E-state index >= 15 is 0 Å². The maximum atomic E-state index is 5.94. The zero-order valence-electron chi connectivity index (χ0n) is 12.4. The lowest BCUT2D eigenvalue weighted by Gasteiger charge is -2.41. The topological polar surface area (TPSA) is 29.3 Å². The highest BCUT2D eigenvalue weighted by Crippen LogP contribution is 2.32. The Morgan fingerprint density at radius 1 is 1.32 bits per heavy atom. The van der Waals surface area contributed by atoms with Crippen LogP contribution in [0.15, 0.2) is 30.3 Å². The number of benzene rings is 1. The van der Waals surface area contributed by atoms with Crippen LogP contribution in [0.5, 0.6) is 0 Å². The predicted molar refractivity (Wildman–Crippen MR) is 82.0 cm³/mol. The van der Waals surface area contributed by atoms with Crippen molar-refractivity contribution in [2.24, 2.45) is 17.6 Å². The van der Waals surface area contributed by atoms with E-state index < -0.39 is 0 Å². The largest absolute Gasteiger partial charge is 0.330 e. The zero-order chi connectivity index (χ0) is 13.7. The molecular weight excluding hydrogens is 232 g/mol. The number of likely N-dealkylation sites (tertiary alicyclic amines) is 1. The van der Waals surface area contributed by atoms with E-state index in [1.807, 2.05) is 0 Å². The minimum absolute atomic E-state index is 0.577. The van der Waals surface area contributed by atoms with Crippen LogP contribution in [-0.4, -0.2) is 24.5 Å². The molecule has 1 aliphatic rings. The lowest BCUT2D eigenvalue weighted by Crippen LogP contribution is -2.44. The quantitative estimate of drug-likeness (QED) is 0.878. The lowest BCUT2D eigenvalue weighted by atomic mass is 9.85. The van der Waals surface area contributed by atoms with Gasteiger partial charge in [-0.05, 0) is 43.3 Å². The summed E-state index contributed by atoms with van der Waals surface area (Å²) in [4.78, 5) is 2.66. The summed E-state index contributed by atoms with van der Waals surface area (Å²) in [5.41, 5.74) is 7.41. The van der Waals surface area contributed by atoms with Gasteiger partial charge in [-0.2, -0.15) is 0 Å². The first kappa shape index (κ1) is 14.5. The molecule has 1 heterocycles. The van der Waals surface area contributed by atoms with Gasteiger partial charge in [-0.3, -0.25) is 4.90 Å². The maximum Gasteiger partial charge on any atom is 0.0348 e. The average molecular weight is 260 g/mol. The Labute approximate surface area is 118 Å². The van der Waals surface area contributed by atoms with Gasteiger partial charge in [0.25, 0.3) is 0 Å². The molecule has 1 saturated heterocycles. The Hall–Kier alpha value is -0.860. The molecule has 0 spiro atoms. The fraction of sp³-hybridized carbons (Fsp3) is 0.647. The van der Waals surface area contributed by atoms with Gasteiger partial charge in [-0.25, -0.2) is 0 Å². The number of piperidine rings is 1. The van der Waals surface area contributed by atoms with Crippen molar-refractivity contribution in [2.45, 2.75) is 39.2 Å². The first-order valence-corrected chi connectivity index (χ1v) is 7.75. The molecule has 2 N–H and O–H groups in total. The summed E-state index contributed by atoms with van der Waals surface area (Å²) in [6.07, 6.45) is 3.77. The maximum absolute atomic E-state index is 5.94. The highest BCUT2D eigenvalue weighted by molar-refractivity contribution is 5.19. The van der Waals surface area contributed by atoms with E-state index in [9.17, 15) is 0 Å². The van der Waals surface area contributed by atoms with E-state index in [1.54, 1.807) is 0 Å². The highest BCUT2D eigenvalue weighted by Gasteiger charge is 2.29. The molecule has 1 aromatic carbocycles. The third-order valence-corrected chi connectivity index (χ3v) is 4.64. The molecule has 0 aliphatic carbocycles. The molecule has 1 aliphatic heterocycles. The van der Waals surface area contributed by atoms with E-state index in [-0.39, 0.29) is 0 Å². The summed E-state index contributed by atoms with van der Waals surface area (Å²) >= 11 is 0. The van der Waals surface area contributed by atoms with Crippen molar-refractivity contribution >= 4 is 0 Å². The summed E-state index contributed by atoms with van der Waals surface area (Å²) < 4.78 is 0. The fourth-order valence-corrected chi connectivity index (χ4v) is 3.28. The molecule has 2 nitrogen and oxygen atoms in total. The van der Waals surface area contributed by atoms with E-state index in [0.29, 0.717) is 12.0 Å². The Kier molecular flexibility index (Phi) is 5.41. The normalized spacial score (nSPS) is 26.3. The monoisotopic (exact) mass is 260 g/mol. The summed E-state index contributed by atoms with van der Waals surface area (Å²) in [6.45, 7) is 7.84. The van der Waals surface area contributed by atoms with Crippen molar-refractivity contribution < 1.29 is 0 Å². The third kappa shape index (κ3) is 3.58. The molecule has 19 heavy (non-hydrogen) atoms. The van der Waals surface area contributed by atoms with Gasteiger partial charge in [0.15, 0.2) is 0 Å². The van der Waals surface area contributed by atoms with Crippen LogP contribution in [0.25, 0.3) is 0 Å². The summed E-state index contributed by atoms with van der Waals surface area (Å²) in [6, 6.07) is 11.5. The van der Waals surface area contributed by atoms with Crippen LogP contribution in [-0.2, 0) is 0 Å². The number of rotatable bonds is 5. The van der Waals surface area contributed by atoms with Crippen molar-refractivity contribution in [1.29, 1.82) is 0 Å². The first-order valence-electron chi connectivity index (χ1n) is 7.75. The van der Waals surface area contributed by atoms with E-state index in [1.165, 1.54) is 31.4 Å². The van der Waals surface area contributed by atoms with Crippen LogP contribution in [0, 0.1) is 11.8 Å². The SMILES string of the molecule is CCCC(c1ccccc1)N1CCC(C)C(CN)C1. The molecule has 3 unspecified atom stereocenters. The van der Waals surface area contributed by atoms with Crippen LogP contribution in [0.3, 0.4) is 0 Å². The minimum Gasteiger partial charge on any atom is -0.330 e. The fourth-order valence-electron chi connectivity index (χ4n) is 3.28. The van der Waals surface area contributed by atoms with E-state index in [2.05, 4.69) is 49.1 Å². The molecule has 3 atom stereocenters. The van der Waals surface area contributed by atoms with Gasteiger partial charge in [-0.1, -0.05) is 50.6 Å². The number of nitrogens with zero attached hydrogens (tertiary/aromatic N) is 1. The van der Waals surface area contributed by atoms with Gasteiger partial charge in [0.1, 0.15) is 0 Å². The molecule has 106 valence electrons. The predicted octanol–water partition coefficient (Wildman–Crippen LogP) is 3.44. The Morgan fingerprint density at radius 2 is 2.05 bits per heavy atom. The highest BCUT2D eigenvalue weighted by atomic mass is 15.2. The molecule has 2 rings (SSSR count). The van der Waals surface area contributed by atoms with E-state index in [0.717, 1.165) is 19.0 Å². The van der Waals surface area contributed by atoms with Crippen LogP contribution >= 0.6 is 0 Å². The first-order chi connectivity index (χ1) is 9.26. The standard InChI is InChI=1S/C17H28N2/c1-3-7-17(15-8-5-4-6-9-15)19-11-10-14(2)16(12-18)13-19/h4-6,8-9,14,16-17H,3,7,10-13,18H2,1-2H3. The van der Waals surface area contributed by atoms with Crippen molar-refractivity contribution in [1.82, 2.24) is 4.90 Å². The van der Waals surface area contributed by atoms with Crippen LogP contribution < -0.4 is 5.73 Å². The second kappa shape index (κ2) is 7.06. The molecule has 0 saturated carbocycles. The summed E-state index contributed by atoms with van der Waals surface area (Å²) in [5.74, 6) is 1.44. The lowest BCUT2D eigenvalue weighted by molar-refractivity contribution is 0.0860. The molecule has 1 fully saturated rings. The van der Waals surface area contributed by atoms with Crippen LogP contribution in [0.1, 0.15) is 44.7 Å². The number of hydrogen-bond acceptors (Lipinski definition) is 2. The van der Waals surface area contributed by atoms with Crippen LogP contribution in [0.2, 0.25) is 0 Å². The zero-order valence-corrected chi connectivity index (χ0v) is 12.4. The summed E-state index contributed by atoms with van der Waals surface area (Å²) in [7, 11) is 0. The minimum atomic E-state index is 0.577. The van der Waals surface area contributed by atoms with Gasteiger partial charge >= 0.3 is 0 Å². The van der Waals surface area contributed by atoms with Gasteiger partial charge in [0.05, 0.1) is 0 Å². The van der Waals surface area contributed by atoms with Gasteiger partial charge in [0.2, 0.25) is 0 Å². The molecule has 1 aromatic rings.